The van der Waals surface area contributed by atoms with Crippen LogP contribution < -0.4 is 5.73 Å². The lowest BCUT2D eigenvalue weighted by Crippen LogP contribution is -2.45. The Bertz CT molecular complexity index is 562. The van der Waals surface area contributed by atoms with Crippen molar-refractivity contribution in [2.24, 2.45) is 0 Å². The van der Waals surface area contributed by atoms with Gasteiger partial charge in [-0.05, 0) is 66.5 Å². The lowest BCUT2D eigenvalue weighted by Gasteiger charge is -2.35. The van der Waals surface area contributed by atoms with Gasteiger partial charge in [-0.2, -0.15) is 0 Å². The van der Waals surface area contributed by atoms with Crippen LogP contribution in [0.4, 0.5) is 5.69 Å². The first kappa shape index (κ1) is 17.1. The van der Waals surface area contributed by atoms with E-state index in [0.29, 0.717) is 11.3 Å². The van der Waals surface area contributed by atoms with Crippen LogP contribution in [0.2, 0.25) is 0 Å². The summed E-state index contributed by atoms with van der Waals surface area (Å²) in [5.41, 5.74) is 6.46. The van der Waals surface area contributed by atoms with E-state index in [1.807, 2.05) is 11.0 Å². The molecule has 1 aliphatic rings. The quantitative estimate of drug-likeness (QED) is 0.466. The molecule has 0 radical (unpaired) electrons. The Morgan fingerprint density at radius 3 is 2.91 bits per heavy atom. The number of anilines is 1. The summed E-state index contributed by atoms with van der Waals surface area (Å²) in [6.07, 6.45) is 4.13. The van der Waals surface area contributed by atoms with Gasteiger partial charge in [0.1, 0.15) is 0 Å². The number of hydrogen-bond donors (Lipinski definition) is 1. The molecule has 5 nitrogen and oxygen atoms in total. The van der Waals surface area contributed by atoms with Crippen LogP contribution in [0.3, 0.4) is 0 Å². The zero-order valence-corrected chi connectivity index (χ0v) is 14.8. The predicted octanol–water partition coefficient (Wildman–Crippen LogP) is 2.82. The number of carbonyl (C=O) groups excluding carboxylic acids is 2. The van der Waals surface area contributed by atoms with Crippen LogP contribution >= 0.6 is 22.6 Å². The molecule has 22 heavy (non-hydrogen) atoms. The summed E-state index contributed by atoms with van der Waals surface area (Å²) in [6, 6.07) is 5.41. The number of piperidine rings is 1. The van der Waals surface area contributed by atoms with Crippen LogP contribution in [0.15, 0.2) is 18.2 Å². The first-order chi connectivity index (χ1) is 10.5. The van der Waals surface area contributed by atoms with Gasteiger partial charge in [0.2, 0.25) is 0 Å². The molecule has 1 aromatic carbocycles. The maximum absolute atomic E-state index is 12.3. The highest BCUT2D eigenvalue weighted by atomic mass is 127. The van der Waals surface area contributed by atoms with Gasteiger partial charge < -0.3 is 15.4 Å². The van der Waals surface area contributed by atoms with E-state index in [0.717, 1.165) is 35.8 Å². The molecule has 6 heteroatoms. The maximum Gasteiger partial charge on any atom is 0.340 e. The monoisotopic (exact) mass is 416 g/mol. The van der Waals surface area contributed by atoms with Crippen molar-refractivity contribution in [2.75, 3.05) is 18.9 Å². The smallest absolute Gasteiger partial charge is 0.340 e. The summed E-state index contributed by atoms with van der Waals surface area (Å²) < 4.78 is 6.05. The molecule has 2 N–H and O–H groups in total. The third-order valence-electron chi connectivity index (χ3n) is 3.98. The van der Waals surface area contributed by atoms with E-state index in [1.54, 1.807) is 12.1 Å². The van der Waals surface area contributed by atoms with E-state index in [9.17, 15) is 9.59 Å². The number of nitrogens with zero attached hydrogens (tertiary/aromatic N) is 1. The van der Waals surface area contributed by atoms with Crippen molar-refractivity contribution >= 4 is 40.2 Å². The van der Waals surface area contributed by atoms with E-state index >= 15 is 0 Å². The first-order valence-electron chi connectivity index (χ1n) is 7.54. The van der Waals surface area contributed by atoms with Gasteiger partial charge in [0, 0.05) is 21.8 Å². The topological polar surface area (TPSA) is 72.6 Å². The van der Waals surface area contributed by atoms with E-state index in [4.69, 9.17) is 10.5 Å². The molecule has 1 fully saturated rings. The summed E-state index contributed by atoms with van der Waals surface area (Å²) in [5, 5.41) is 0. The highest BCUT2D eigenvalue weighted by molar-refractivity contribution is 14.1. The van der Waals surface area contributed by atoms with Crippen molar-refractivity contribution in [3.05, 3.63) is 27.3 Å². The maximum atomic E-state index is 12.3. The number of halogens is 1. The lowest BCUT2D eigenvalue weighted by molar-refractivity contribution is -0.138. The van der Waals surface area contributed by atoms with Gasteiger partial charge in [-0.1, -0.05) is 6.92 Å². The fourth-order valence-electron chi connectivity index (χ4n) is 2.75. The minimum Gasteiger partial charge on any atom is -0.452 e. The number of rotatable bonds is 4. The molecule has 1 saturated heterocycles. The molecule has 0 spiro atoms. The molecule has 0 aromatic heterocycles. The second kappa shape index (κ2) is 7.80. The molecule has 120 valence electrons. The van der Waals surface area contributed by atoms with Gasteiger partial charge in [-0.25, -0.2) is 4.79 Å². The molecule has 1 aromatic rings. The molecule has 0 aliphatic carbocycles. The van der Waals surface area contributed by atoms with Crippen molar-refractivity contribution < 1.29 is 14.3 Å². The summed E-state index contributed by atoms with van der Waals surface area (Å²) >= 11 is 2.10. The summed E-state index contributed by atoms with van der Waals surface area (Å²) in [5.74, 6) is -0.668. The molecule has 0 unspecified atom stereocenters. The Labute approximate surface area is 144 Å². The second-order valence-corrected chi connectivity index (χ2v) is 6.70. The number of nitrogen functional groups attached to an aromatic ring is 1. The Hall–Kier alpha value is -1.31. The largest absolute Gasteiger partial charge is 0.452 e. The molecular formula is C16H21IN2O3. The van der Waals surface area contributed by atoms with E-state index in [-0.39, 0.29) is 18.6 Å². The van der Waals surface area contributed by atoms with Crippen LogP contribution in [0, 0.1) is 3.57 Å². The molecule has 1 amide bonds. The van der Waals surface area contributed by atoms with Gasteiger partial charge in [0.25, 0.3) is 5.91 Å². The molecule has 0 saturated carbocycles. The Kier molecular flexibility index (Phi) is 6.05. The first-order valence-corrected chi connectivity index (χ1v) is 8.62. The highest BCUT2D eigenvalue weighted by Gasteiger charge is 2.26. The van der Waals surface area contributed by atoms with Gasteiger partial charge in [0.05, 0.1) is 5.56 Å². The minimum atomic E-state index is -0.547. The van der Waals surface area contributed by atoms with Gasteiger partial charge >= 0.3 is 5.97 Å². The molecule has 1 heterocycles. The number of ether oxygens (including phenoxy) is 1. The minimum absolute atomic E-state index is 0.121. The van der Waals surface area contributed by atoms with Crippen molar-refractivity contribution in [1.29, 1.82) is 0 Å². The number of hydrogen-bond acceptors (Lipinski definition) is 4. The van der Waals surface area contributed by atoms with Crippen LogP contribution in [0.25, 0.3) is 0 Å². The van der Waals surface area contributed by atoms with Gasteiger partial charge in [0.15, 0.2) is 6.61 Å². The third kappa shape index (κ3) is 4.12. The fraction of sp³-hybridized carbons (Fsp3) is 0.500. The SMILES string of the molecule is CC[C@@H]1CCCCN1C(=O)COC(=O)c1cc(I)ccc1N. The van der Waals surface area contributed by atoms with E-state index in [2.05, 4.69) is 29.5 Å². The lowest BCUT2D eigenvalue weighted by atomic mass is 10.00. The van der Waals surface area contributed by atoms with Crippen molar-refractivity contribution in [3.63, 3.8) is 0 Å². The zero-order chi connectivity index (χ0) is 16.1. The standard InChI is InChI=1S/C16H21IN2O3/c1-2-12-5-3-4-8-19(12)15(20)10-22-16(21)13-9-11(17)6-7-14(13)18/h6-7,9,12H,2-5,8,10,18H2,1H3/t12-/m1/s1. The summed E-state index contributed by atoms with van der Waals surface area (Å²) in [6.45, 7) is 2.61. The average Bonchev–Trinajstić information content (AvgIpc) is 2.54. The summed E-state index contributed by atoms with van der Waals surface area (Å²) in [4.78, 5) is 26.2. The van der Waals surface area contributed by atoms with E-state index < -0.39 is 5.97 Å². The number of esters is 1. The summed E-state index contributed by atoms with van der Waals surface area (Å²) in [7, 11) is 0. The molecule has 2 rings (SSSR count). The number of likely N-dealkylation sites (tertiary alicyclic amines) is 1. The zero-order valence-electron chi connectivity index (χ0n) is 12.7. The molecule has 1 aliphatic heterocycles. The average molecular weight is 416 g/mol. The van der Waals surface area contributed by atoms with Crippen LogP contribution in [-0.2, 0) is 9.53 Å². The normalized spacial score (nSPS) is 18.1. The number of carbonyl (C=O) groups is 2. The second-order valence-electron chi connectivity index (χ2n) is 5.45. The van der Waals surface area contributed by atoms with E-state index in [1.165, 1.54) is 0 Å². The highest BCUT2D eigenvalue weighted by Crippen LogP contribution is 2.20. The van der Waals surface area contributed by atoms with Crippen molar-refractivity contribution in [3.8, 4) is 0 Å². The van der Waals surface area contributed by atoms with Crippen molar-refractivity contribution in [1.82, 2.24) is 4.90 Å². The van der Waals surface area contributed by atoms with Crippen LogP contribution in [-0.4, -0.2) is 36.0 Å². The fourth-order valence-corrected chi connectivity index (χ4v) is 3.24. The van der Waals surface area contributed by atoms with Crippen molar-refractivity contribution in [2.45, 2.75) is 38.6 Å². The number of benzene rings is 1. The Balaban J connectivity index is 1.95. The number of nitrogens with two attached hydrogens (primary N) is 1. The Morgan fingerprint density at radius 1 is 1.41 bits per heavy atom. The molecular weight excluding hydrogens is 395 g/mol. The number of amides is 1. The Morgan fingerprint density at radius 2 is 2.18 bits per heavy atom. The van der Waals surface area contributed by atoms with Crippen LogP contribution in [0.1, 0.15) is 43.0 Å². The third-order valence-corrected chi connectivity index (χ3v) is 4.65. The van der Waals surface area contributed by atoms with Gasteiger partial charge in [-0.15, -0.1) is 0 Å². The van der Waals surface area contributed by atoms with Gasteiger partial charge in [-0.3, -0.25) is 4.79 Å². The predicted molar refractivity (Wildman–Crippen MR) is 93.5 cm³/mol. The molecule has 0 bridgehead atoms. The molecule has 1 atom stereocenters. The van der Waals surface area contributed by atoms with Crippen LogP contribution in [0.5, 0.6) is 0 Å².